The average Bonchev–Trinajstić information content (AvgIpc) is 3.16. The van der Waals surface area contributed by atoms with Crippen LogP contribution in [0.5, 0.6) is 0 Å². The number of amides is 1. The van der Waals surface area contributed by atoms with Gasteiger partial charge in [0.1, 0.15) is 16.8 Å². The number of nitrogen functional groups attached to an aromatic ring is 1. The summed E-state index contributed by atoms with van der Waals surface area (Å²) in [5.74, 6) is 0.157. The van der Waals surface area contributed by atoms with Crippen LogP contribution in [-0.4, -0.2) is 36.9 Å². The number of anilines is 1. The van der Waals surface area contributed by atoms with Crippen LogP contribution >= 0.6 is 23.2 Å². The zero-order valence-corrected chi connectivity index (χ0v) is 20.7. The summed E-state index contributed by atoms with van der Waals surface area (Å²) in [5, 5.41) is 0.690. The van der Waals surface area contributed by atoms with E-state index in [4.69, 9.17) is 28.9 Å². The van der Waals surface area contributed by atoms with Gasteiger partial charge in [-0.3, -0.25) is 4.79 Å². The molecule has 0 aliphatic carbocycles. The molecule has 33 heavy (non-hydrogen) atoms. The van der Waals surface area contributed by atoms with Gasteiger partial charge in [0.05, 0.1) is 5.02 Å². The van der Waals surface area contributed by atoms with E-state index in [0.29, 0.717) is 29.5 Å². The van der Waals surface area contributed by atoms with Crippen LogP contribution in [-0.2, 0) is 27.9 Å². The monoisotopic (exact) mass is 508 g/mol. The minimum Gasteiger partial charge on any atom is -0.385 e. The number of benzene rings is 2. The number of likely N-dealkylation sites (N-methyl/N-ethyl adjacent to an activating group) is 1. The quantitative estimate of drug-likeness (QED) is 0.454. The lowest BCUT2D eigenvalue weighted by atomic mass is 10.1. The largest absolute Gasteiger partial charge is 0.385 e. The van der Waals surface area contributed by atoms with E-state index < -0.39 is 16.1 Å². The van der Waals surface area contributed by atoms with E-state index >= 15 is 0 Å². The lowest BCUT2D eigenvalue weighted by Gasteiger charge is -2.25. The van der Waals surface area contributed by atoms with Crippen molar-refractivity contribution in [1.82, 2.24) is 14.2 Å². The van der Waals surface area contributed by atoms with Crippen molar-refractivity contribution in [3.63, 3.8) is 0 Å². The summed E-state index contributed by atoms with van der Waals surface area (Å²) in [4.78, 5) is 14.8. The van der Waals surface area contributed by atoms with Crippen molar-refractivity contribution in [2.45, 2.75) is 37.4 Å². The number of hydrogen-bond acceptors (Lipinski definition) is 4. The maximum atomic E-state index is 13.3. The third-order valence-corrected chi connectivity index (χ3v) is 7.61. The van der Waals surface area contributed by atoms with Gasteiger partial charge in [-0.2, -0.15) is 4.72 Å². The van der Waals surface area contributed by atoms with Gasteiger partial charge in [-0.05, 0) is 54.8 Å². The summed E-state index contributed by atoms with van der Waals surface area (Å²) >= 11 is 12.1. The molecular formula is C23H26Cl2N4O3S. The van der Waals surface area contributed by atoms with Crippen molar-refractivity contribution < 1.29 is 13.2 Å². The molecule has 0 saturated heterocycles. The van der Waals surface area contributed by atoms with E-state index in [1.807, 2.05) is 12.1 Å². The van der Waals surface area contributed by atoms with Gasteiger partial charge in [-0.15, -0.1) is 0 Å². The van der Waals surface area contributed by atoms with E-state index in [0.717, 1.165) is 5.56 Å². The Morgan fingerprint density at radius 3 is 2.42 bits per heavy atom. The molecule has 2 aromatic carbocycles. The number of sulfonamides is 1. The van der Waals surface area contributed by atoms with Crippen molar-refractivity contribution >= 4 is 45.0 Å². The first kappa shape index (κ1) is 25.1. The van der Waals surface area contributed by atoms with Crippen LogP contribution in [0.1, 0.15) is 17.5 Å². The molecule has 7 nitrogen and oxygen atoms in total. The van der Waals surface area contributed by atoms with E-state index in [9.17, 15) is 13.2 Å². The van der Waals surface area contributed by atoms with Crippen LogP contribution in [0.2, 0.25) is 10.0 Å². The van der Waals surface area contributed by atoms with Gasteiger partial charge >= 0.3 is 0 Å². The van der Waals surface area contributed by atoms with Gasteiger partial charge in [-0.25, -0.2) is 8.42 Å². The molecule has 1 aromatic heterocycles. The highest BCUT2D eigenvalue weighted by Crippen LogP contribution is 2.25. The average molecular weight is 509 g/mol. The first-order valence-corrected chi connectivity index (χ1v) is 12.5. The highest BCUT2D eigenvalue weighted by Gasteiger charge is 2.30. The summed E-state index contributed by atoms with van der Waals surface area (Å²) < 4.78 is 30.8. The molecule has 3 aromatic rings. The number of nitrogens with two attached hydrogens (primary N) is 1. The molecule has 0 radical (unpaired) electrons. The third kappa shape index (κ3) is 6.29. The Morgan fingerprint density at radius 2 is 1.82 bits per heavy atom. The maximum Gasteiger partial charge on any atom is 0.243 e. The predicted molar refractivity (Wildman–Crippen MR) is 132 cm³/mol. The molecule has 0 fully saturated rings. The number of halogens is 2. The second-order valence-corrected chi connectivity index (χ2v) is 10.3. The maximum absolute atomic E-state index is 13.3. The summed E-state index contributed by atoms with van der Waals surface area (Å²) in [5.41, 5.74) is 7.30. The van der Waals surface area contributed by atoms with Gasteiger partial charge in [0.2, 0.25) is 15.9 Å². The van der Waals surface area contributed by atoms with Crippen LogP contribution in [0.15, 0.2) is 65.7 Å². The molecular weight excluding hydrogens is 483 g/mol. The van der Waals surface area contributed by atoms with Crippen LogP contribution in [0.25, 0.3) is 0 Å². The number of rotatable bonds is 9. The normalized spacial score (nSPS) is 12.5. The SMILES string of the molecule is Cc1cccc(Cl)c1S(=O)(=O)NC(CCn1cccc1N)C(=O)N(C)Cc1ccc(Cl)cc1. The molecule has 1 amide bonds. The molecule has 0 aliphatic rings. The summed E-state index contributed by atoms with van der Waals surface area (Å²) in [6.45, 7) is 2.31. The van der Waals surface area contributed by atoms with Crippen LogP contribution in [0.4, 0.5) is 5.82 Å². The number of aryl methyl sites for hydroxylation is 2. The van der Waals surface area contributed by atoms with E-state index in [1.54, 1.807) is 61.1 Å². The number of hydrogen-bond donors (Lipinski definition) is 2. The molecule has 0 aliphatic heterocycles. The molecule has 3 rings (SSSR count). The van der Waals surface area contributed by atoms with E-state index in [-0.39, 0.29) is 22.2 Å². The van der Waals surface area contributed by atoms with Crippen molar-refractivity contribution in [2.75, 3.05) is 12.8 Å². The van der Waals surface area contributed by atoms with Gasteiger partial charge in [0.15, 0.2) is 0 Å². The molecule has 1 heterocycles. The number of nitrogens with zero attached hydrogens (tertiary/aromatic N) is 2. The number of aromatic nitrogens is 1. The summed E-state index contributed by atoms with van der Waals surface area (Å²) in [7, 11) is -2.44. The van der Waals surface area contributed by atoms with Gasteiger partial charge < -0.3 is 15.2 Å². The molecule has 1 atom stereocenters. The standard InChI is InChI=1S/C23H26Cl2N4O3S/c1-16-5-3-6-19(25)22(16)33(31,32)27-20(12-14-29-13-4-7-21(29)26)23(30)28(2)15-17-8-10-18(24)11-9-17/h3-11,13,20,27H,12,14-15,26H2,1-2H3. The van der Waals surface area contributed by atoms with Crippen molar-refractivity contribution in [1.29, 1.82) is 0 Å². The Hall–Kier alpha value is -2.52. The predicted octanol–water partition coefficient (Wildman–Crippen LogP) is 4.08. The van der Waals surface area contributed by atoms with Crippen molar-refractivity contribution in [3.05, 3.63) is 82.0 Å². The Balaban J connectivity index is 1.85. The Kier molecular flexibility index (Phi) is 8.07. The molecule has 10 heteroatoms. The second-order valence-electron chi connectivity index (χ2n) is 7.80. The summed E-state index contributed by atoms with van der Waals surface area (Å²) in [6, 6.07) is 14.5. The van der Waals surface area contributed by atoms with Crippen molar-refractivity contribution in [3.8, 4) is 0 Å². The molecule has 0 spiro atoms. The zero-order valence-electron chi connectivity index (χ0n) is 18.3. The lowest BCUT2D eigenvalue weighted by Crippen LogP contribution is -2.47. The van der Waals surface area contributed by atoms with Crippen LogP contribution in [0, 0.1) is 6.92 Å². The molecule has 176 valence electrons. The highest BCUT2D eigenvalue weighted by molar-refractivity contribution is 7.89. The van der Waals surface area contributed by atoms with Gasteiger partial charge in [-0.1, -0.05) is 47.5 Å². The highest BCUT2D eigenvalue weighted by atomic mass is 35.5. The second kappa shape index (κ2) is 10.6. The minimum atomic E-state index is -4.07. The fourth-order valence-electron chi connectivity index (χ4n) is 3.54. The molecule has 0 saturated carbocycles. The minimum absolute atomic E-state index is 0.0368. The topological polar surface area (TPSA) is 97.4 Å². The Morgan fingerprint density at radius 1 is 1.12 bits per heavy atom. The fourth-order valence-corrected chi connectivity index (χ4v) is 5.72. The lowest BCUT2D eigenvalue weighted by molar-refractivity contribution is -0.132. The summed E-state index contributed by atoms with van der Waals surface area (Å²) in [6.07, 6.45) is 1.98. The number of carbonyl (C=O) groups excluding carboxylic acids is 1. The molecule has 1 unspecified atom stereocenters. The molecule has 3 N–H and O–H groups in total. The number of nitrogens with one attached hydrogen (secondary N) is 1. The smallest absolute Gasteiger partial charge is 0.243 e. The first-order chi connectivity index (χ1) is 15.6. The number of carbonyl (C=O) groups is 1. The van der Waals surface area contributed by atoms with Crippen LogP contribution < -0.4 is 10.5 Å². The van der Waals surface area contributed by atoms with E-state index in [1.165, 1.54) is 11.0 Å². The van der Waals surface area contributed by atoms with E-state index in [2.05, 4.69) is 4.72 Å². The Labute approximate surface area is 204 Å². The zero-order chi connectivity index (χ0) is 24.2. The fraction of sp³-hybridized carbons (Fsp3) is 0.261. The Bertz CT molecular complexity index is 1210. The first-order valence-electron chi connectivity index (χ1n) is 10.3. The third-order valence-electron chi connectivity index (χ3n) is 5.26. The van der Waals surface area contributed by atoms with Crippen molar-refractivity contribution in [2.24, 2.45) is 0 Å². The molecule has 0 bridgehead atoms. The van der Waals surface area contributed by atoms with Crippen LogP contribution in [0.3, 0.4) is 0 Å². The van der Waals surface area contributed by atoms with Gasteiger partial charge in [0, 0.05) is 31.4 Å². The van der Waals surface area contributed by atoms with Gasteiger partial charge in [0.25, 0.3) is 0 Å².